The van der Waals surface area contributed by atoms with E-state index in [1.165, 1.54) is 38.5 Å². The van der Waals surface area contributed by atoms with Crippen LogP contribution in [0.15, 0.2) is 48.9 Å². The Morgan fingerprint density at radius 2 is 1.78 bits per heavy atom. The van der Waals surface area contributed by atoms with Gasteiger partial charge in [-0.05, 0) is 68.5 Å². The van der Waals surface area contributed by atoms with Crippen molar-refractivity contribution >= 4 is 22.9 Å². The van der Waals surface area contributed by atoms with Gasteiger partial charge in [0.1, 0.15) is 5.75 Å². The molecule has 4 N–H and O–H groups in total. The molecule has 0 radical (unpaired) electrons. The van der Waals surface area contributed by atoms with E-state index in [1.54, 1.807) is 6.07 Å². The fourth-order valence-corrected chi connectivity index (χ4v) is 5.45. The number of para-hydroxylation sites is 1. The fraction of sp³-hybridized carbons (Fsp3) is 0.429. The lowest BCUT2D eigenvalue weighted by molar-refractivity contribution is 0.389. The van der Waals surface area contributed by atoms with E-state index < -0.39 is 0 Å². The maximum absolute atomic E-state index is 10.1. The first kappa shape index (κ1) is 23.7. The van der Waals surface area contributed by atoms with Crippen LogP contribution in [-0.2, 0) is 6.54 Å². The molecule has 37 heavy (non-hydrogen) atoms. The lowest BCUT2D eigenvalue weighted by Crippen LogP contribution is -2.31. The molecule has 0 spiro atoms. The van der Waals surface area contributed by atoms with Gasteiger partial charge in [-0.15, -0.1) is 0 Å². The Labute approximate surface area is 216 Å². The van der Waals surface area contributed by atoms with Gasteiger partial charge in [0.25, 0.3) is 0 Å². The molecule has 1 aliphatic heterocycles. The number of phenolic OH excluding ortho intramolecular Hbond substituents is 1. The SMILES string of the molecule is Oc1ccccc1-c1ccc(CNc2nc(NCC3CCNCC3)nc3c2ncn3C2CCCC2)cn1. The zero-order chi connectivity index (χ0) is 25.0. The van der Waals surface area contributed by atoms with E-state index >= 15 is 0 Å². The minimum atomic E-state index is 0.228. The van der Waals surface area contributed by atoms with Gasteiger partial charge >= 0.3 is 0 Å². The molecule has 2 aliphatic rings. The number of benzene rings is 1. The summed E-state index contributed by atoms with van der Waals surface area (Å²) in [5.74, 6) is 2.25. The van der Waals surface area contributed by atoms with E-state index in [4.69, 9.17) is 15.0 Å². The molecule has 3 aromatic heterocycles. The second-order valence-electron chi connectivity index (χ2n) is 10.2. The molecule has 9 heteroatoms. The van der Waals surface area contributed by atoms with Crippen molar-refractivity contribution in [2.75, 3.05) is 30.3 Å². The molecular formula is C28H34N8O. The average molecular weight is 499 g/mol. The highest BCUT2D eigenvalue weighted by molar-refractivity contribution is 5.84. The second kappa shape index (κ2) is 10.7. The normalized spacial score (nSPS) is 16.9. The average Bonchev–Trinajstić information content (AvgIpc) is 3.62. The molecule has 0 atom stereocenters. The smallest absolute Gasteiger partial charge is 0.226 e. The van der Waals surface area contributed by atoms with Crippen LogP contribution in [0.25, 0.3) is 22.4 Å². The summed E-state index contributed by atoms with van der Waals surface area (Å²) in [7, 11) is 0. The summed E-state index contributed by atoms with van der Waals surface area (Å²) in [6.07, 6.45) is 11.0. The number of nitrogens with zero attached hydrogens (tertiary/aromatic N) is 5. The van der Waals surface area contributed by atoms with Gasteiger partial charge in [0, 0.05) is 30.9 Å². The van der Waals surface area contributed by atoms with Crippen LogP contribution in [0.5, 0.6) is 5.75 Å². The van der Waals surface area contributed by atoms with Crippen LogP contribution in [0.3, 0.4) is 0 Å². The highest BCUT2D eigenvalue weighted by Crippen LogP contribution is 2.33. The van der Waals surface area contributed by atoms with Crippen molar-refractivity contribution in [3.63, 3.8) is 0 Å². The van der Waals surface area contributed by atoms with E-state index in [0.29, 0.717) is 24.5 Å². The van der Waals surface area contributed by atoms with Gasteiger partial charge in [-0.2, -0.15) is 9.97 Å². The van der Waals surface area contributed by atoms with Gasteiger partial charge in [0.2, 0.25) is 5.95 Å². The zero-order valence-electron chi connectivity index (χ0n) is 21.0. The summed E-state index contributed by atoms with van der Waals surface area (Å²) < 4.78 is 2.24. The number of anilines is 2. The monoisotopic (exact) mass is 498 g/mol. The molecule has 0 amide bonds. The molecule has 1 saturated carbocycles. The standard InChI is InChI=1S/C28H34N8O/c37-24-8-4-3-7-22(24)23-10-9-20(16-30-23)17-31-26-25-27(36(18-33-25)21-5-1-2-6-21)35-28(34-26)32-15-19-11-13-29-14-12-19/h3-4,7-10,16,18-19,21,29,37H,1-2,5-6,11-15,17H2,(H2,31,32,34,35). The number of phenols is 1. The summed E-state index contributed by atoms with van der Waals surface area (Å²) in [5.41, 5.74) is 4.18. The third-order valence-corrected chi connectivity index (χ3v) is 7.61. The van der Waals surface area contributed by atoms with Crippen LogP contribution in [0.2, 0.25) is 0 Å². The first-order valence-electron chi connectivity index (χ1n) is 13.4. The molecule has 6 rings (SSSR count). The first-order valence-corrected chi connectivity index (χ1v) is 13.4. The molecule has 1 aliphatic carbocycles. The Balaban J connectivity index is 1.23. The minimum absolute atomic E-state index is 0.228. The van der Waals surface area contributed by atoms with Crippen LogP contribution in [0.1, 0.15) is 50.1 Å². The number of fused-ring (bicyclic) bond motifs is 1. The maximum atomic E-state index is 10.1. The molecule has 4 aromatic rings. The lowest BCUT2D eigenvalue weighted by atomic mass is 9.98. The Bertz CT molecular complexity index is 1340. The molecule has 0 bridgehead atoms. The summed E-state index contributed by atoms with van der Waals surface area (Å²) in [4.78, 5) is 19.1. The summed E-state index contributed by atoms with van der Waals surface area (Å²) in [6.45, 7) is 3.58. The van der Waals surface area contributed by atoms with Gasteiger partial charge in [0.15, 0.2) is 17.0 Å². The Kier molecular flexibility index (Phi) is 6.86. The molecule has 1 aromatic carbocycles. The molecular weight excluding hydrogens is 464 g/mol. The van der Waals surface area contributed by atoms with E-state index in [2.05, 4.69) is 25.5 Å². The largest absolute Gasteiger partial charge is 0.507 e. The quantitative estimate of drug-likeness (QED) is 0.276. The molecule has 192 valence electrons. The summed E-state index contributed by atoms with van der Waals surface area (Å²) >= 11 is 0. The third kappa shape index (κ3) is 5.22. The number of nitrogens with one attached hydrogen (secondary N) is 3. The Morgan fingerprint density at radius 3 is 2.57 bits per heavy atom. The highest BCUT2D eigenvalue weighted by atomic mass is 16.3. The number of aromatic nitrogens is 5. The van der Waals surface area contributed by atoms with Gasteiger partial charge < -0.3 is 25.6 Å². The molecule has 2 fully saturated rings. The van der Waals surface area contributed by atoms with Crippen LogP contribution >= 0.6 is 0 Å². The van der Waals surface area contributed by atoms with Crippen molar-refractivity contribution in [3.05, 3.63) is 54.5 Å². The minimum Gasteiger partial charge on any atom is -0.507 e. The van der Waals surface area contributed by atoms with E-state index in [1.807, 2.05) is 42.9 Å². The number of aromatic hydroxyl groups is 1. The third-order valence-electron chi connectivity index (χ3n) is 7.61. The van der Waals surface area contributed by atoms with Crippen molar-refractivity contribution in [1.29, 1.82) is 0 Å². The van der Waals surface area contributed by atoms with Crippen LogP contribution in [0.4, 0.5) is 11.8 Å². The van der Waals surface area contributed by atoms with Crippen molar-refractivity contribution in [2.45, 2.75) is 51.1 Å². The van der Waals surface area contributed by atoms with E-state index in [0.717, 1.165) is 53.4 Å². The maximum Gasteiger partial charge on any atom is 0.226 e. The Hall–Kier alpha value is -3.72. The van der Waals surface area contributed by atoms with Crippen LogP contribution in [0, 0.1) is 5.92 Å². The fourth-order valence-electron chi connectivity index (χ4n) is 5.45. The molecule has 1 saturated heterocycles. The number of pyridine rings is 1. The number of imidazole rings is 1. The topological polar surface area (TPSA) is 113 Å². The van der Waals surface area contributed by atoms with Gasteiger partial charge in [-0.25, -0.2) is 4.98 Å². The predicted molar refractivity (Wildman–Crippen MR) is 146 cm³/mol. The highest BCUT2D eigenvalue weighted by Gasteiger charge is 2.22. The van der Waals surface area contributed by atoms with Gasteiger partial charge in [0.05, 0.1) is 12.0 Å². The van der Waals surface area contributed by atoms with Crippen molar-refractivity contribution in [1.82, 2.24) is 29.8 Å². The first-order chi connectivity index (χ1) is 18.2. The summed E-state index contributed by atoms with van der Waals surface area (Å²) in [5, 5.41) is 20.6. The number of hydrogen-bond acceptors (Lipinski definition) is 8. The number of piperidine rings is 1. The Morgan fingerprint density at radius 1 is 0.946 bits per heavy atom. The van der Waals surface area contributed by atoms with Crippen LogP contribution < -0.4 is 16.0 Å². The number of rotatable bonds is 8. The van der Waals surface area contributed by atoms with Crippen LogP contribution in [-0.4, -0.2) is 49.2 Å². The van der Waals surface area contributed by atoms with E-state index in [9.17, 15) is 5.11 Å². The van der Waals surface area contributed by atoms with E-state index in [-0.39, 0.29) is 5.75 Å². The molecule has 4 heterocycles. The second-order valence-corrected chi connectivity index (χ2v) is 10.2. The van der Waals surface area contributed by atoms with Gasteiger partial charge in [-0.3, -0.25) is 4.98 Å². The number of hydrogen-bond donors (Lipinski definition) is 4. The molecule has 9 nitrogen and oxygen atoms in total. The van der Waals surface area contributed by atoms with Crippen molar-refractivity contribution in [2.24, 2.45) is 5.92 Å². The molecule has 0 unspecified atom stereocenters. The van der Waals surface area contributed by atoms with Crippen molar-refractivity contribution < 1.29 is 5.11 Å². The van der Waals surface area contributed by atoms with Gasteiger partial charge in [-0.1, -0.05) is 31.0 Å². The van der Waals surface area contributed by atoms with Crippen molar-refractivity contribution in [3.8, 4) is 17.0 Å². The zero-order valence-corrected chi connectivity index (χ0v) is 21.0. The predicted octanol–water partition coefficient (Wildman–Crippen LogP) is 4.73. The summed E-state index contributed by atoms with van der Waals surface area (Å²) in [6, 6.07) is 11.7. The lowest BCUT2D eigenvalue weighted by Gasteiger charge is -2.23.